The number of anilines is 1. The molecule has 3 aromatic rings. The molecule has 0 aromatic heterocycles. The minimum Gasteiger partial charge on any atom is -0.348 e. The highest BCUT2D eigenvalue weighted by Gasteiger charge is 2.19. The summed E-state index contributed by atoms with van der Waals surface area (Å²) >= 11 is 0. The van der Waals surface area contributed by atoms with Crippen molar-refractivity contribution in [1.29, 1.82) is 0 Å². The molecule has 0 spiro atoms. The predicted octanol–water partition coefficient (Wildman–Crippen LogP) is 3.44. The molecule has 2 N–H and O–H groups in total. The standard InChI is InChI=1S/C20H18N2O3S/c1-2-20(23)21-14-16-9-4-6-13-19(16)26(24,25)22-18-12-7-10-15-8-3-5-11-17(15)18/h2-13,22H,1,14H2,(H,21,23). The molecule has 0 bridgehead atoms. The average molecular weight is 366 g/mol. The van der Waals surface area contributed by atoms with E-state index >= 15 is 0 Å². The number of fused-ring (bicyclic) bond motifs is 1. The molecule has 0 saturated carbocycles. The van der Waals surface area contributed by atoms with Gasteiger partial charge in [0, 0.05) is 11.9 Å². The van der Waals surface area contributed by atoms with Crippen molar-refractivity contribution in [2.24, 2.45) is 0 Å². The molecule has 3 rings (SSSR count). The van der Waals surface area contributed by atoms with Gasteiger partial charge in [-0.1, -0.05) is 61.2 Å². The molecule has 0 aliphatic heterocycles. The molecule has 3 aromatic carbocycles. The van der Waals surface area contributed by atoms with Crippen molar-refractivity contribution >= 4 is 32.4 Å². The maximum Gasteiger partial charge on any atom is 0.262 e. The largest absolute Gasteiger partial charge is 0.348 e. The number of carbonyl (C=O) groups excluding carboxylic acids is 1. The zero-order chi connectivity index (χ0) is 18.6. The third kappa shape index (κ3) is 3.75. The Bertz CT molecular complexity index is 1070. The summed E-state index contributed by atoms with van der Waals surface area (Å²) in [5, 5.41) is 4.36. The lowest BCUT2D eigenvalue weighted by Crippen LogP contribution is -2.22. The van der Waals surface area contributed by atoms with Gasteiger partial charge in [-0.3, -0.25) is 9.52 Å². The van der Waals surface area contributed by atoms with Crippen molar-refractivity contribution < 1.29 is 13.2 Å². The van der Waals surface area contributed by atoms with Crippen LogP contribution in [0.2, 0.25) is 0 Å². The van der Waals surface area contributed by atoms with E-state index in [1.807, 2.05) is 30.3 Å². The summed E-state index contributed by atoms with van der Waals surface area (Å²) in [6.07, 6.45) is 1.14. The van der Waals surface area contributed by atoms with Crippen molar-refractivity contribution in [1.82, 2.24) is 5.32 Å². The molecule has 26 heavy (non-hydrogen) atoms. The van der Waals surface area contributed by atoms with Crippen molar-refractivity contribution in [2.45, 2.75) is 11.4 Å². The van der Waals surface area contributed by atoms with Gasteiger partial charge in [-0.15, -0.1) is 0 Å². The average Bonchev–Trinajstić information content (AvgIpc) is 2.66. The number of rotatable bonds is 6. The van der Waals surface area contributed by atoms with Gasteiger partial charge in [0.2, 0.25) is 5.91 Å². The van der Waals surface area contributed by atoms with Crippen LogP contribution in [-0.2, 0) is 21.4 Å². The van der Waals surface area contributed by atoms with Crippen molar-refractivity contribution in [3.8, 4) is 0 Å². The second-order valence-electron chi connectivity index (χ2n) is 5.66. The van der Waals surface area contributed by atoms with Gasteiger partial charge in [-0.25, -0.2) is 8.42 Å². The summed E-state index contributed by atoms with van der Waals surface area (Å²) in [5.74, 6) is -0.362. The fraction of sp³-hybridized carbons (Fsp3) is 0.0500. The highest BCUT2D eigenvalue weighted by atomic mass is 32.2. The van der Waals surface area contributed by atoms with Gasteiger partial charge in [0.25, 0.3) is 10.0 Å². The first kappa shape index (κ1) is 17.7. The van der Waals surface area contributed by atoms with Crippen LogP contribution in [0.5, 0.6) is 0 Å². The number of nitrogens with one attached hydrogen (secondary N) is 2. The van der Waals surface area contributed by atoms with E-state index in [2.05, 4.69) is 16.6 Å². The smallest absolute Gasteiger partial charge is 0.262 e. The van der Waals surface area contributed by atoms with Gasteiger partial charge < -0.3 is 5.32 Å². The highest BCUT2D eigenvalue weighted by Crippen LogP contribution is 2.26. The van der Waals surface area contributed by atoms with Crippen LogP contribution in [0.3, 0.4) is 0 Å². The first-order valence-electron chi connectivity index (χ1n) is 8.00. The van der Waals surface area contributed by atoms with Gasteiger partial charge in [0.15, 0.2) is 0 Å². The van der Waals surface area contributed by atoms with Crippen LogP contribution in [0.1, 0.15) is 5.56 Å². The molecule has 0 unspecified atom stereocenters. The lowest BCUT2D eigenvalue weighted by atomic mass is 10.1. The Kier molecular flexibility index (Phi) is 5.04. The fourth-order valence-electron chi connectivity index (χ4n) is 2.68. The predicted molar refractivity (Wildman–Crippen MR) is 103 cm³/mol. The Hall–Kier alpha value is -3.12. The number of hydrogen-bond donors (Lipinski definition) is 2. The molecule has 0 aliphatic carbocycles. The van der Waals surface area contributed by atoms with Gasteiger partial charge >= 0.3 is 0 Å². The molecule has 0 saturated heterocycles. The van der Waals surface area contributed by atoms with E-state index in [9.17, 15) is 13.2 Å². The molecule has 6 heteroatoms. The summed E-state index contributed by atoms with van der Waals surface area (Å²) in [7, 11) is -3.82. The van der Waals surface area contributed by atoms with Crippen LogP contribution in [-0.4, -0.2) is 14.3 Å². The number of sulfonamides is 1. The van der Waals surface area contributed by atoms with Gasteiger partial charge in [-0.05, 0) is 29.2 Å². The molecule has 0 radical (unpaired) electrons. The number of benzene rings is 3. The Balaban J connectivity index is 1.96. The van der Waals surface area contributed by atoms with Gasteiger partial charge in [0.1, 0.15) is 0 Å². The molecular weight excluding hydrogens is 348 g/mol. The molecule has 0 fully saturated rings. The lowest BCUT2D eigenvalue weighted by Gasteiger charge is -2.14. The molecule has 0 atom stereocenters. The number of carbonyl (C=O) groups is 1. The minimum absolute atomic E-state index is 0.0947. The van der Waals surface area contributed by atoms with E-state index in [0.29, 0.717) is 11.3 Å². The van der Waals surface area contributed by atoms with E-state index in [-0.39, 0.29) is 17.3 Å². The van der Waals surface area contributed by atoms with E-state index in [4.69, 9.17) is 0 Å². The molecule has 5 nitrogen and oxygen atoms in total. The number of amides is 1. The van der Waals surface area contributed by atoms with Crippen LogP contribution in [0.15, 0.2) is 84.3 Å². The van der Waals surface area contributed by atoms with E-state index in [1.165, 1.54) is 6.07 Å². The Labute approximate surface area is 152 Å². The van der Waals surface area contributed by atoms with Crippen LogP contribution in [0.25, 0.3) is 10.8 Å². The summed E-state index contributed by atoms with van der Waals surface area (Å²) in [6, 6.07) is 19.6. The molecular formula is C20H18N2O3S. The van der Waals surface area contributed by atoms with Crippen molar-refractivity contribution in [3.05, 3.63) is 84.9 Å². The summed E-state index contributed by atoms with van der Waals surface area (Å²) in [4.78, 5) is 11.5. The zero-order valence-electron chi connectivity index (χ0n) is 14.0. The molecule has 1 amide bonds. The van der Waals surface area contributed by atoms with Crippen molar-refractivity contribution in [2.75, 3.05) is 4.72 Å². The first-order valence-corrected chi connectivity index (χ1v) is 9.48. The van der Waals surface area contributed by atoms with Gasteiger partial charge in [-0.2, -0.15) is 0 Å². The maximum atomic E-state index is 12.9. The minimum atomic E-state index is -3.82. The summed E-state index contributed by atoms with van der Waals surface area (Å²) < 4.78 is 28.5. The van der Waals surface area contributed by atoms with E-state index in [0.717, 1.165) is 16.8 Å². The third-order valence-corrected chi connectivity index (χ3v) is 5.40. The van der Waals surface area contributed by atoms with Gasteiger partial charge in [0.05, 0.1) is 10.6 Å². The third-order valence-electron chi connectivity index (χ3n) is 3.93. The Morgan fingerprint density at radius 3 is 2.46 bits per heavy atom. The number of hydrogen-bond acceptors (Lipinski definition) is 3. The lowest BCUT2D eigenvalue weighted by molar-refractivity contribution is -0.116. The SMILES string of the molecule is C=CC(=O)NCc1ccccc1S(=O)(=O)Nc1cccc2ccccc12. The summed E-state index contributed by atoms with van der Waals surface area (Å²) in [6.45, 7) is 3.48. The van der Waals surface area contributed by atoms with E-state index in [1.54, 1.807) is 30.3 Å². The topological polar surface area (TPSA) is 75.3 Å². The monoisotopic (exact) mass is 366 g/mol. The van der Waals surface area contributed by atoms with Crippen molar-refractivity contribution in [3.63, 3.8) is 0 Å². The van der Waals surface area contributed by atoms with Crippen LogP contribution in [0.4, 0.5) is 5.69 Å². The molecule has 132 valence electrons. The second-order valence-corrected chi connectivity index (χ2v) is 7.31. The summed E-state index contributed by atoms with van der Waals surface area (Å²) in [5.41, 5.74) is 1.00. The molecule has 0 heterocycles. The van der Waals surface area contributed by atoms with Crippen LogP contribution in [0, 0.1) is 0 Å². The van der Waals surface area contributed by atoms with E-state index < -0.39 is 10.0 Å². The normalized spacial score (nSPS) is 11.1. The fourth-order valence-corrected chi connectivity index (χ4v) is 4.00. The highest BCUT2D eigenvalue weighted by molar-refractivity contribution is 7.92. The van der Waals surface area contributed by atoms with Crippen LogP contribution < -0.4 is 10.0 Å². The van der Waals surface area contributed by atoms with Crippen LogP contribution >= 0.6 is 0 Å². The second kappa shape index (κ2) is 7.41. The zero-order valence-corrected chi connectivity index (χ0v) is 14.8. The maximum absolute atomic E-state index is 12.9. The molecule has 0 aliphatic rings. The Morgan fingerprint density at radius 2 is 1.65 bits per heavy atom. The Morgan fingerprint density at radius 1 is 0.962 bits per heavy atom. The first-order chi connectivity index (χ1) is 12.5. The quantitative estimate of drug-likeness (QED) is 0.656.